The van der Waals surface area contributed by atoms with Crippen molar-refractivity contribution in [1.82, 2.24) is 20.1 Å². The van der Waals surface area contributed by atoms with Crippen LogP contribution in [0.15, 0.2) is 36.7 Å². The van der Waals surface area contributed by atoms with Gasteiger partial charge in [-0.1, -0.05) is 6.07 Å². The topological polar surface area (TPSA) is 80.0 Å². The molecule has 6 nitrogen and oxygen atoms in total. The van der Waals surface area contributed by atoms with E-state index in [1.165, 1.54) is 0 Å². The van der Waals surface area contributed by atoms with Gasteiger partial charge in [0.2, 0.25) is 0 Å². The smallest absolute Gasteiger partial charge is 0.270 e. The highest BCUT2D eigenvalue weighted by Gasteiger charge is 2.32. The summed E-state index contributed by atoms with van der Waals surface area (Å²) in [5.41, 5.74) is 0.367. The molecule has 6 heteroatoms. The summed E-state index contributed by atoms with van der Waals surface area (Å²) in [5, 5.41) is 16.2. The minimum Gasteiger partial charge on any atom is -0.396 e. The maximum Gasteiger partial charge on any atom is 0.270 e. The number of aliphatic hydroxyl groups is 1. The van der Waals surface area contributed by atoms with E-state index >= 15 is 0 Å². The number of hydrogen-bond acceptors (Lipinski definition) is 4. The van der Waals surface area contributed by atoms with Gasteiger partial charge in [0.15, 0.2) is 5.82 Å². The van der Waals surface area contributed by atoms with Gasteiger partial charge in [-0.3, -0.25) is 4.79 Å². The summed E-state index contributed by atoms with van der Waals surface area (Å²) in [6, 6.07) is 7.12. The molecule has 21 heavy (non-hydrogen) atoms. The van der Waals surface area contributed by atoms with Crippen LogP contribution in [-0.4, -0.2) is 38.4 Å². The van der Waals surface area contributed by atoms with E-state index in [2.05, 4.69) is 15.4 Å². The highest BCUT2D eigenvalue weighted by molar-refractivity contribution is 5.92. The minimum atomic E-state index is -0.200. The summed E-state index contributed by atoms with van der Waals surface area (Å²) in [6.45, 7) is 0.0855. The van der Waals surface area contributed by atoms with E-state index in [4.69, 9.17) is 5.11 Å². The second-order valence-electron chi connectivity index (χ2n) is 5.26. The average Bonchev–Trinajstić information content (AvgIpc) is 3.21. The number of pyridine rings is 1. The first kappa shape index (κ1) is 13.8. The van der Waals surface area contributed by atoms with Crippen molar-refractivity contribution < 1.29 is 9.90 Å². The molecule has 2 aromatic heterocycles. The first-order valence-electron chi connectivity index (χ1n) is 7.17. The van der Waals surface area contributed by atoms with Crippen molar-refractivity contribution in [2.75, 3.05) is 6.61 Å². The van der Waals surface area contributed by atoms with Crippen molar-refractivity contribution in [1.29, 1.82) is 0 Å². The maximum absolute atomic E-state index is 12.3. The van der Waals surface area contributed by atoms with Crippen LogP contribution in [0.2, 0.25) is 0 Å². The third-order valence-electron chi connectivity index (χ3n) is 3.65. The van der Waals surface area contributed by atoms with Gasteiger partial charge < -0.3 is 10.4 Å². The molecule has 1 unspecified atom stereocenters. The molecule has 0 saturated heterocycles. The zero-order valence-corrected chi connectivity index (χ0v) is 11.6. The fourth-order valence-corrected chi connectivity index (χ4v) is 2.39. The highest BCUT2D eigenvalue weighted by atomic mass is 16.3. The second-order valence-corrected chi connectivity index (χ2v) is 5.26. The van der Waals surface area contributed by atoms with E-state index in [0.717, 1.165) is 12.8 Å². The minimum absolute atomic E-state index is 0.0395. The molecule has 1 saturated carbocycles. The van der Waals surface area contributed by atoms with Crippen LogP contribution < -0.4 is 5.32 Å². The van der Waals surface area contributed by atoms with Crippen LogP contribution >= 0.6 is 0 Å². The predicted molar refractivity (Wildman–Crippen MR) is 77.0 cm³/mol. The quantitative estimate of drug-likeness (QED) is 0.835. The van der Waals surface area contributed by atoms with Gasteiger partial charge in [-0.05, 0) is 43.4 Å². The normalized spacial score (nSPS) is 15.7. The lowest BCUT2D eigenvalue weighted by Gasteiger charge is -2.16. The molecule has 2 N–H and O–H groups in total. The highest BCUT2D eigenvalue weighted by Crippen LogP contribution is 2.34. The van der Waals surface area contributed by atoms with Gasteiger partial charge in [0.25, 0.3) is 5.91 Å². The van der Waals surface area contributed by atoms with Crippen molar-refractivity contribution in [2.45, 2.75) is 25.3 Å². The number of nitrogens with one attached hydrogen (secondary N) is 1. The molecule has 1 aliphatic carbocycles. The van der Waals surface area contributed by atoms with E-state index in [9.17, 15) is 4.79 Å². The molecule has 110 valence electrons. The van der Waals surface area contributed by atoms with E-state index in [1.807, 2.05) is 0 Å². The molecule has 3 rings (SSSR count). The zero-order valence-electron chi connectivity index (χ0n) is 11.6. The fraction of sp³-hybridized carbons (Fsp3) is 0.400. The summed E-state index contributed by atoms with van der Waals surface area (Å²) in [5.74, 6) is 0.905. The lowest BCUT2D eigenvalue weighted by atomic mass is 10.1. The van der Waals surface area contributed by atoms with Crippen LogP contribution in [0.1, 0.15) is 29.8 Å². The summed E-state index contributed by atoms with van der Waals surface area (Å²) in [6.07, 6.45) is 6.27. The van der Waals surface area contributed by atoms with E-state index in [1.54, 1.807) is 41.3 Å². The maximum atomic E-state index is 12.3. The standard InChI is InChI=1S/C15H18N4O2/c20-10-7-12(11-5-6-11)18-15(21)13-3-1-4-14(17-13)19-9-2-8-16-19/h1-4,8-9,11-12,20H,5-7,10H2,(H,18,21). The van der Waals surface area contributed by atoms with Crippen LogP contribution in [-0.2, 0) is 0 Å². The van der Waals surface area contributed by atoms with Crippen LogP contribution in [0.4, 0.5) is 0 Å². The average molecular weight is 286 g/mol. The molecular weight excluding hydrogens is 268 g/mol. The molecule has 1 fully saturated rings. The third-order valence-corrected chi connectivity index (χ3v) is 3.65. The molecule has 0 aliphatic heterocycles. The number of nitrogens with zero attached hydrogens (tertiary/aromatic N) is 3. The first-order valence-corrected chi connectivity index (χ1v) is 7.17. The molecule has 0 spiro atoms. The van der Waals surface area contributed by atoms with Crippen LogP contribution in [0.5, 0.6) is 0 Å². The monoisotopic (exact) mass is 286 g/mol. The lowest BCUT2D eigenvalue weighted by molar-refractivity contribution is 0.0919. The number of hydrogen-bond donors (Lipinski definition) is 2. The Hall–Kier alpha value is -2.21. The molecule has 1 amide bonds. The molecule has 2 aromatic rings. The van der Waals surface area contributed by atoms with Crippen molar-refractivity contribution in [2.24, 2.45) is 5.92 Å². The molecule has 2 heterocycles. The summed E-state index contributed by atoms with van der Waals surface area (Å²) >= 11 is 0. The van der Waals surface area contributed by atoms with E-state index in [0.29, 0.717) is 23.9 Å². The SMILES string of the molecule is O=C(NC(CCO)C1CC1)c1cccc(-n2cccn2)n1. The lowest BCUT2D eigenvalue weighted by Crippen LogP contribution is -2.37. The Kier molecular flexibility index (Phi) is 3.96. The Labute approximate surface area is 122 Å². The fourth-order valence-electron chi connectivity index (χ4n) is 2.39. The number of rotatable bonds is 6. The molecule has 0 aromatic carbocycles. The summed E-state index contributed by atoms with van der Waals surface area (Å²) < 4.78 is 1.61. The Morgan fingerprint density at radius 3 is 2.95 bits per heavy atom. The van der Waals surface area contributed by atoms with Gasteiger partial charge in [0.1, 0.15) is 5.69 Å². The Balaban J connectivity index is 1.73. The van der Waals surface area contributed by atoms with Crippen molar-refractivity contribution in [3.05, 3.63) is 42.4 Å². The van der Waals surface area contributed by atoms with Crippen molar-refractivity contribution in [3.63, 3.8) is 0 Å². The first-order chi connectivity index (χ1) is 10.3. The number of amides is 1. The van der Waals surface area contributed by atoms with Gasteiger partial charge in [-0.2, -0.15) is 5.10 Å². The summed E-state index contributed by atoms with van der Waals surface area (Å²) in [7, 11) is 0. The third kappa shape index (κ3) is 3.28. The van der Waals surface area contributed by atoms with Crippen LogP contribution in [0.3, 0.4) is 0 Å². The van der Waals surface area contributed by atoms with E-state index in [-0.39, 0.29) is 18.6 Å². The van der Waals surface area contributed by atoms with Gasteiger partial charge in [-0.25, -0.2) is 9.67 Å². The van der Waals surface area contributed by atoms with Gasteiger partial charge in [-0.15, -0.1) is 0 Å². The number of aliphatic hydroxyl groups excluding tert-OH is 1. The molecule has 1 atom stereocenters. The predicted octanol–water partition coefficient (Wildman–Crippen LogP) is 1.16. The molecule has 0 radical (unpaired) electrons. The Morgan fingerprint density at radius 1 is 1.43 bits per heavy atom. The molecule has 0 bridgehead atoms. The largest absolute Gasteiger partial charge is 0.396 e. The summed E-state index contributed by atoms with van der Waals surface area (Å²) in [4.78, 5) is 16.6. The van der Waals surface area contributed by atoms with Crippen molar-refractivity contribution in [3.8, 4) is 5.82 Å². The number of aromatic nitrogens is 3. The zero-order chi connectivity index (χ0) is 14.7. The Bertz CT molecular complexity index is 608. The van der Waals surface area contributed by atoms with Gasteiger partial charge in [0.05, 0.1) is 0 Å². The molecule has 1 aliphatic rings. The van der Waals surface area contributed by atoms with Crippen LogP contribution in [0, 0.1) is 5.92 Å². The Morgan fingerprint density at radius 2 is 2.29 bits per heavy atom. The van der Waals surface area contributed by atoms with Gasteiger partial charge in [0, 0.05) is 25.0 Å². The van der Waals surface area contributed by atoms with E-state index < -0.39 is 0 Å². The van der Waals surface area contributed by atoms with Gasteiger partial charge >= 0.3 is 0 Å². The second kappa shape index (κ2) is 6.05. The van der Waals surface area contributed by atoms with Crippen LogP contribution in [0.25, 0.3) is 5.82 Å². The number of carbonyl (C=O) groups excluding carboxylic acids is 1. The molecular formula is C15H18N4O2. The number of carbonyl (C=O) groups is 1. The van der Waals surface area contributed by atoms with Crippen molar-refractivity contribution >= 4 is 5.91 Å².